The van der Waals surface area contributed by atoms with E-state index in [9.17, 15) is 22.8 Å². The Kier molecular flexibility index (Phi) is 5.16. The number of carbonyl (C=O) groups is 2. The van der Waals surface area contributed by atoms with Crippen molar-refractivity contribution in [1.29, 1.82) is 0 Å². The van der Waals surface area contributed by atoms with Gasteiger partial charge in [-0.1, -0.05) is 24.3 Å². The number of hydrogen-bond donors (Lipinski definition) is 2. The van der Waals surface area contributed by atoms with Gasteiger partial charge in [-0.15, -0.1) is 0 Å². The predicted octanol–water partition coefficient (Wildman–Crippen LogP) is 2.91. The number of aromatic nitrogens is 1. The standard InChI is InChI=1S/C19H15F3N4O2/c20-19(21,22)14-5-3-4-12(8-14)18(28)25-24-9-13-10-26(11-17(23)27)16-7-2-1-6-15(13)16/h1-10H,11H2,(H2,23,27)(H,25,28)/b24-9-. The first-order valence-electron chi connectivity index (χ1n) is 8.12. The summed E-state index contributed by atoms with van der Waals surface area (Å²) in [7, 11) is 0. The number of carbonyl (C=O) groups excluding carboxylic acids is 2. The van der Waals surface area contributed by atoms with Crippen molar-refractivity contribution >= 4 is 28.9 Å². The van der Waals surface area contributed by atoms with Crippen LogP contribution in [-0.4, -0.2) is 22.6 Å². The maximum Gasteiger partial charge on any atom is 0.416 e. The van der Waals surface area contributed by atoms with Gasteiger partial charge in [-0.25, -0.2) is 5.43 Å². The van der Waals surface area contributed by atoms with Crippen LogP contribution in [0.25, 0.3) is 10.9 Å². The number of primary amides is 1. The maximum atomic E-state index is 12.7. The smallest absolute Gasteiger partial charge is 0.368 e. The summed E-state index contributed by atoms with van der Waals surface area (Å²) in [5.41, 5.74) is 7.73. The first-order valence-corrected chi connectivity index (χ1v) is 8.12. The highest BCUT2D eigenvalue weighted by atomic mass is 19.4. The van der Waals surface area contributed by atoms with Crippen LogP contribution in [-0.2, 0) is 17.5 Å². The zero-order chi connectivity index (χ0) is 20.3. The minimum Gasteiger partial charge on any atom is -0.368 e. The zero-order valence-corrected chi connectivity index (χ0v) is 14.4. The van der Waals surface area contributed by atoms with E-state index in [0.29, 0.717) is 5.56 Å². The summed E-state index contributed by atoms with van der Waals surface area (Å²) in [6.07, 6.45) is -1.54. The van der Waals surface area contributed by atoms with E-state index in [0.717, 1.165) is 29.1 Å². The molecule has 6 nitrogen and oxygen atoms in total. The molecule has 0 aliphatic rings. The second kappa shape index (κ2) is 7.55. The van der Waals surface area contributed by atoms with Crippen LogP contribution in [0, 0.1) is 0 Å². The largest absolute Gasteiger partial charge is 0.416 e. The van der Waals surface area contributed by atoms with Gasteiger partial charge in [-0.2, -0.15) is 18.3 Å². The average molecular weight is 388 g/mol. The topological polar surface area (TPSA) is 89.5 Å². The average Bonchev–Trinajstić information content (AvgIpc) is 2.98. The first-order chi connectivity index (χ1) is 13.3. The van der Waals surface area contributed by atoms with Gasteiger partial charge in [0, 0.05) is 28.2 Å². The van der Waals surface area contributed by atoms with Crippen molar-refractivity contribution in [2.24, 2.45) is 10.8 Å². The number of rotatable bonds is 5. The van der Waals surface area contributed by atoms with Gasteiger partial charge in [0.25, 0.3) is 5.91 Å². The Morgan fingerprint density at radius 2 is 1.89 bits per heavy atom. The van der Waals surface area contributed by atoms with Crippen LogP contribution < -0.4 is 11.2 Å². The molecule has 2 aromatic carbocycles. The van der Waals surface area contributed by atoms with Crippen molar-refractivity contribution in [3.05, 3.63) is 71.4 Å². The summed E-state index contributed by atoms with van der Waals surface area (Å²) in [6, 6.07) is 11.3. The lowest BCUT2D eigenvalue weighted by atomic mass is 10.1. The fraction of sp³-hybridized carbons (Fsp3) is 0.105. The Balaban J connectivity index is 1.80. The van der Waals surface area contributed by atoms with E-state index < -0.39 is 23.6 Å². The molecule has 0 aliphatic heterocycles. The van der Waals surface area contributed by atoms with E-state index >= 15 is 0 Å². The summed E-state index contributed by atoms with van der Waals surface area (Å²) in [6.45, 7) is -0.0229. The summed E-state index contributed by atoms with van der Waals surface area (Å²) >= 11 is 0. The summed E-state index contributed by atoms with van der Waals surface area (Å²) in [5, 5.41) is 4.60. The van der Waals surface area contributed by atoms with Crippen molar-refractivity contribution in [2.75, 3.05) is 0 Å². The van der Waals surface area contributed by atoms with Crippen molar-refractivity contribution in [3.63, 3.8) is 0 Å². The van der Waals surface area contributed by atoms with Gasteiger partial charge < -0.3 is 10.3 Å². The van der Waals surface area contributed by atoms with E-state index in [1.54, 1.807) is 29.0 Å². The van der Waals surface area contributed by atoms with E-state index in [-0.39, 0.29) is 12.1 Å². The third-order valence-corrected chi connectivity index (χ3v) is 3.97. The molecule has 3 N–H and O–H groups in total. The van der Waals surface area contributed by atoms with Crippen molar-refractivity contribution in [1.82, 2.24) is 9.99 Å². The van der Waals surface area contributed by atoms with Crippen LogP contribution in [0.4, 0.5) is 13.2 Å². The van der Waals surface area contributed by atoms with Crippen molar-refractivity contribution in [2.45, 2.75) is 12.7 Å². The molecule has 0 saturated heterocycles. The first kappa shape index (κ1) is 19.2. The van der Waals surface area contributed by atoms with E-state index in [1.807, 2.05) is 6.07 Å². The molecule has 0 spiro atoms. The molecule has 0 fully saturated rings. The Morgan fingerprint density at radius 1 is 1.14 bits per heavy atom. The van der Waals surface area contributed by atoms with Crippen LogP contribution in [0.5, 0.6) is 0 Å². The van der Waals surface area contributed by atoms with Gasteiger partial charge in [-0.3, -0.25) is 9.59 Å². The number of halogens is 3. The second-order valence-corrected chi connectivity index (χ2v) is 5.97. The number of alkyl halides is 3. The Hall–Kier alpha value is -3.62. The lowest BCUT2D eigenvalue weighted by molar-refractivity contribution is -0.137. The summed E-state index contributed by atoms with van der Waals surface area (Å²) in [5.74, 6) is -1.29. The molecule has 0 unspecified atom stereocenters. The van der Waals surface area contributed by atoms with Crippen molar-refractivity contribution in [3.8, 4) is 0 Å². The van der Waals surface area contributed by atoms with Crippen LogP contribution in [0.1, 0.15) is 21.5 Å². The second-order valence-electron chi connectivity index (χ2n) is 5.97. The quantitative estimate of drug-likeness (QED) is 0.520. The lowest BCUT2D eigenvalue weighted by Gasteiger charge is -2.07. The molecule has 28 heavy (non-hydrogen) atoms. The highest BCUT2D eigenvalue weighted by molar-refractivity contribution is 6.01. The number of amides is 2. The predicted molar refractivity (Wildman–Crippen MR) is 97.6 cm³/mol. The summed E-state index contributed by atoms with van der Waals surface area (Å²) < 4.78 is 39.9. The lowest BCUT2D eigenvalue weighted by Crippen LogP contribution is -2.18. The summed E-state index contributed by atoms with van der Waals surface area (Å²) in [4.78, 5) is 23.3. The number of para-hydroxylation sites is 1. The fourth-order valence-electron chi connectivity index (χ4n) is 2.74. The van der Waals surface area contributed by atoms with Gasteiger partial charge in [-0.05, 0) is 24.3 Å². The molecule has 0 radical (unpaired) electrons. The molecule has 1 aromatic heterocycles. The Bertz CT molecular complexity index is 1070. The zero-order valence-electron chi connectivity index (χ0n) is 14.4. The fourth-order valence-corrected chi connectivity index (χ4v) is 2.74. The molecule has 0 aliphatic carbocycles. The number of nitrogens with one attached hydrogen (secondary N) is 1. The van der Waals surface area contributed by atoms with Crippen molar-refractivity contribution < 1.29 is 22.8 Å². The highest BCUT2D eigenvalue weighted by Gasteiger charge is 2.30. The monoisotopic (exact) mass is 388 g/mol. The van der Waals surface area contributed by atoms with Crippen LogP contribution >= 0.6 is 0 Å². The SMILES string of the molecule is NC(=O)Cn1cc(/C=N\NC(=O)c2cccc(C(F)(F)F)c2)c2ccccc21. The number of hydrazone groups is 1. The number of fused-ring (bicyclic) bond motifs is 1. The molecule has 0 saturated carbocycles. The van der Waals surface area contributed by atoms with Crippen LogP contribution in [0.15, 0.2) is 59.8 Å². The Morgan fingerprint density at radius 3 is 2.61 bits per heavy atom. The van der Waals surface area contributed by atoms with Gasteiger partial charge in [0.15, 0.2) is 0 Å². The third kappa shape index (κ3) is 4.20. The Labute approximate surface area is 157 Å². The van der Waals surface area contributed by atoms with Gasteiger partial charge in [0.05, 0.1) is 11.8 Å². The molecule has 2 amide bonds. The molecule has 3 aromatic rings. The minimum atomic E-state index is -4.54. The molecule has 0 atom stereocenters. The molecule has 3 rings (SSSR count). The van der Waals surface area contributed by atoms with E-state index in [2.05, 4.69) is 10.5 Å². The minimum absolute atomic E-state index is 0.0229. The number of hydrogen-bond acceptors (Lipinski definition) is 3. The molecule has 9 heteroatoms. The van der Waals surface area contributed by atoms with Crippen LogP contribution in [0.2, 0.25) is 0 Å². The number of nitrogens with two attached hydrogens (primary N) is 1. The normalized spacial score (nSPS) is 11.8. The molecular weight excluding hydrogens is 373 g/mol. The molecular formula is C19H15F3N4O2. The molecule has 144 valence electrons. The highest BCUT2D eigenvalue weighted by Crippen LogP contribution is 2.29. The van der Waals surface area contributed by atoms with Gasteiger partial charge in [0.1, 0.15) is 6.54 Å². The van der Waals surface area contributed by atoms with Gasteiger partial charge in [0.2, 0.25) is 5.91 Å². The van der Waals surface area contributed by atoms with Gasteiger partial charge >= 0.3 is 6.18 Å². The number of nitrogens with zero attached hydrogens (tertiary/aromatic N) is 2. The number of benzene rings is 2. The third-order valence-electron chi connectivity index (χ3n) is 3.97. The van der Waals surface area contributed by atoms with E-state index in [4.69, 9.17) is 5.73 Å². The molecule has 1 heterocycles. The molecule has 0 bridgehead atoms. The van der Waals surface area contributed by atoms with Crippen LogP contribution in [0.3, 0.4) is 0 Å². The maximum absolute atomic E-state index is 12.7. The van der Waals surface area contributed by atoms with E-state index in [1.165, 1.54) is 12.3 Å².